The first-order valence-corrected chi connectivity index (χ1v) is 2.97. The van der Waals surface area contributed by atoms with E-state index in [1.807, 2.05) is 6.07 Å². The molecule has 2 N–H and O–H groups in total. The summed E-state index contributed by atoms with van der Waals surface area (Å²) >= 11 is 0. The van der Waals surface area contributed by atoms with Gasteiger partial charge in [-0.15, -0.1) is 12.6 Å². The zero-order valence-corrected chi connectivity index (χ0v) is 5.45. The Bertz CT molecular complexity index is 232. The van der Waals surface area contributed by atoms with Crippen molar-refractivity contribution in [3.63, 3.8) is 0 Å². The average Bonchev–Trinajstić information content (AvgIpc) is 2.05. The highest BCUT2D eigenvalue weighted by atomic mass is 16.1. The standard InChI is InChI=1S/C8H8NO/c9-5-7-2-1-3-8(4-7)6-10/h1-6H,9H2/q-1. The lowest BCUT2D eigenvalue weighted by Crippen LogP contribution is -1.92. The number of benzene rings is 1. The summed E-state index contributed by atoms with van der Waals surface area (Å²) in [7, 11) is 0. The minimum Gasteiger partial charge on any atom is -0.360 e. The van der Waals surface area contributed by atoms with Crippen LogP contribution in [0.15, 0.2) is 24.3 Å². The lowest BCUT2D eigenvalue weighted by Gasteiger charge is -2.04. The molecule has 0 bridgehead atoms. The number of hydrogen-bond acceptors (Lipinski definition) is 2. The predicted octanol–water partition coefficient (Wildman–Crippen LogP) is 0.968. The summed E-state index contributed by atoms with van der Waals surface area (Å²) in [5.41, 5.74) is 6.75. The molecule has 1 aromatic carbocycles. The highest BCUT2D eigenvalue weighted by molar-refractivity contribution is 5.75. The first-order valence-electron chi connectivity index (χ1n) is 2.97. The molecule has 0 aromatic heterocycles. The highest BCUT2D eigenvalue weighted by Crippen LogP contribution is 2.01. The molecule has 0 saturated carbocycles. The number of nitrogens with two attached hydrogens (primary N) is 1. The molecule has 0 amide bonds. The van der Waals surface area contributed by atoms with E-state index < -0.39 is 0 Å². The van der Waals surface area contributed by atoms with E-state index in [1.165, 1.54) is 6.54 Å². The van der Waals surface area contributed by atoms with Gasteiger partial charge in [0.2, 0.25) is 0 Å². The van der Waals surface area contributed by atoms with Crippen LogP contribution in [0.1, 0.15) is 15.9 Å². The third-order valence-corrected chi connectivity index (χ3v) is 1.24. The van der Waals surface area contributed by atoms with Crippen LogP contribution in [-0.2, 0) is 0 Å². The Balaban J connectivity index is 2.98. The van der Waals surface area contributed by atoms with E-state index in [4.69, 9.17) is 5.73 Å². The summed E-state index contributed by atoms with van der Waals surface area (Å²) in [6, 6.07) is 7.10. The molecule has 1 rings (SSSR count). The second-order valence-corrected chi connectivity index (χ2v) is 1.95. The monoisotopic (exact) mass is 134 g/mol. The maximum Gasteiger partial charge on any atom is 0.137 e. The van der Waals surface area contributed by atoms with E-state index in [1.54, 1.807) is 18.2 Å². The molecule has 0 radical (unpaired) electrons. The fourth-order valence-corrected chi connectivity index (χ4v) is 0.736. The van der Waals surface area contributed by atoms with E-state index in [0.717, 1.165) is 11.8 Å². The Kier molecular flexibility index (Phi) is 2.07. The molecule has 1 aromatic rings. The van der Waals surface area contributed by atoms with Gasteiger partial charge in [-0.05, 0) is 5.56 Å². The van der Waals surface area contributed by atoms with Crippen LogP contribution in [-0.4, -0.2) is 6.29 Å². The molecular formula is C8H8NO-. The van der Waals surface area contributed by atoms with Gasteiger partial charge in [-0.2, -0.15) is 17.7 Å². The van der Waals surface area contributed by atoms with Crippen LogP contribution in [0, 0.1) is 6.54 Å². The average molecular weight is 134 g/mol. The van der Waals surface area contributed by atoms with E-state index in [-0.39, 0.29) is 0 Å². The SMILES string of the molecule is N[CH-]c1cccc(C=O)c1. The van der Waals surface area contributed by atoms with Crippen molar-refractivity contribution in [1.82, 2.24) is 0 Å². The second kappa shape index (κ2) is 3.03. The molecule has 0 aliphatic rings. The van der Waals surface area contributed by atoms with Gasteiger partial charge >= 0.3 is 0 Å². The Morgan fingerprint density at radius 2 is 2.30 bits per heavy atom. The molecule has 0 spiro atoms. The third kappa shape index (κ3) is 1.36. The van der Waals surface area contributed by atoms with Crippen LogP contribution < -0.4 is 5.73 Å². The van der Waals surface area contributed by atoms with Crippen molar-refractivity contribution in [3.8, 4) is 0 Å². The van der Waals surface area contributed by atoms with Crippen LogP contribution in [0.25, 0.3) is 0 Å². The van der Waals surface area contributed by atoms with Gasteiger partial charge in [0.05, 0.1) is 0 Å². The third-order valence-electron chi connectivity index (χ3n) is 1.24. The number of carbonyl (C=O) groups excluding carboxylic acids is 1. The van der Waals surface area contributed by atoms with Gasteiger partial charge < -0.3 is 5.73 Å². The van der Waals surface area contributed by atoms with Gasteiger partial charge in [0, 0.05) is 0 Å². The topological polar surface area (TPSA) is 43.1 Å². The second-order valence-electron chi connectivity index (χ2n) is 1.95. The lowest BCUT2D eigenvalue weighted by molar-refractivity contribution is 0.112. The molecule has 0 unspecified atom stereocenters. The van der Waals surface area contributed by atoms with Crippen molar-refractivity contribution < 1.29 is 4.79 Å². The van der Waals surface area contributed by atoms with Gasteiger partial charge in [-0.25, -0.2) is 0 Å². The van der Waals surface area contributed by atoms with Crippen LogP contribution in [0.3, 0.4) is 0 Å². The normalized spacial score (nSPS) is 8.90. The molecular weight excluding hydrogens is 126 g/mol. The summed E-state index contributed by atoms with van der Waals surface area (Å²) in [5, 5.41) is 0. The van der Waals surface area contributed by atoms with Crippen molar-refractivity contribution in [3.05, 3.63) is 41.9 Å². The lowest BCUT2D eigenvalue weighted by atomic mass is 10.1. The van der Waals surface area contributed by atoms with E-state index >= 15 is 0 Å². The predicted molar refractivity (Wildman–Crippen MR) is 39.4 cm³/mol. The van der Waals surface area contributed by atoms with Crippen molar-refractivity contribution in [2.24, 2.45) is 5.73 Å². The molecule has 0 saturated heterocycles. The molecule has 0 atom stereocenters. The maximum atomic E-state index is 10.2. The molecule has 52 valence electrons. The Morgan fingerprint density at radius 3 is 2.90 bits per heavy atom. The van der Waals surface area contributed by atoms with E-state index in [2.05, 4.69) is 0 Å². The van der Waals surface area contributed by atoms with Crippen molar-refractivity contribution >= 4 is 6.29 Å². The van der Waals surface area contributed by atoms with Gasteiger partial charge in [-0.1, -0.05) is 6.07 Å². The van der Waals surface area contributed by atoms with Crippen LogP contribution >= 0.6 is 0 Å². The zero-order valence-electron chi connectivity index (χ0n) is 5.45. The number of hydrogen-bond donors (Lipinski definition) is 1. The van der Waals surface area contributed by atoms with E-state index in [0.29, 0.717) is 5.56 Å². The molecule has 0 heterocycles. The largest absolute Gasteiger partial charge is 0.360 e. The quantitative estimate of drug-likeness (QED) is 0.483. The zero-order chi connectivity index (χ0) is 7.40. The Hall–Kier alpha value is -1.28. The Labute approximate surface area is 59.7 Å². The molecule has 0 aliphatic carbocycles. The summed E-state index contributed by atoms with van der Waals surface area (Å²) in [4.78, 5) is 10.2. The smallest absolute Gasteiger partial charge is 0.137 e. The minimum atomic E-state index is 0.652. The van der Waals surface area contributed by atoms with Crippen molar-refractivity contribution in [1.29, 1.82) is 0 Å². The summed E-state index contributed by atoms with van der Waals surface area (Å²) < 4.78 is 0. The van der Waals surface area contributed by atoms with Crippen LogP contribution in [0.4, 0.5) is 0 Å². The van der Waals surface area contributed by atoms with Gasteiger partial charge in [0.1, 0.15) is 6.29 Å². The van der Waals surface area contributed by atoms with Crippen LogP contribution in [0.2, 0.25) is 0 Å². The molecule has 2 heteroatoms. The maximum absolute atomic E-state index is 10.2. The van der Waals surface area contributed by atoms with Crippen molar-refractivity contribution in [2.45, 2.75) is 0 Å². The number of carbonyl (C=O) groups is 1. The molecule has 0 aliphatic heterocycles. The fourth-order valence-electron chi connectivity index (χ4n) is 0.736. The fraction of sp³-hybridized carbons (Fsp3) is 0. The number of aldehydes is 1. The van der Waals surface area contributed by atoms with Crippen molar-refractivity contribution in [2.75, 3.05) is 0 Å². The minimum absolute atomic E-state index is 0.652. The highest BCUT2D eigenvalue weighted by Gasteiger charge is 1.81. The van der Waals surface area contributed by atoms with Crippen LogP contribution in [0.5, 0.6) is 0 Å². The van der Waals surface area contributed by atoms with Gasteiger partial charge in [0.25, 0.3) is 0 Å². The number of rotatable bonds is 2. The Morgan fingerprint density at radius 1 is 1.50 bits per heavy atom. The molecule has 10 heavy (non-hydrogen) atoms. The first kappa shape index (κ1) is 6.83. The van der Waals surface area contributed by atoms with Gasteiger partial charge in [-0.3, -0.25) is 4.79 Å². The van der Waals surface area contributed by atoms with E-state index in [9.17, 15) is 4.79 Å². The summed E-state index contributed by atoms with van der Waals surface area (Å²) in [6.07, 6.45) is 0.799. The molecule has 0 fully saturated rings. The summed E-state index contributed by atoms with van der Waals surface area (Å²) in [6.45, 7) is 1.47. The summed E-state index contributed by atoms with van der Waals surface area (Å²) in [5.74, 6) is 0. The van der Waals surface area contributed by atoms with Gasteiger partial charge in [0.15, 0.2) is 0 Å². The first-order chi connectivity index (χ1) is 4.86. The molecule has 2 nitrogen and oxygen atoms in total.